The second kappa shape index (κ2) is 3.88. The van der Waals surface area contributed by atoms with Gasteiger partial charge in [-0.25, -0.2) is 0 Å². The maximum absolute atomic E-state index is 4.58. The van der Waals surface area contributed by atoms with Crippen LogP contribution < -0.4 is 0 Å². The molecule has 0 fully saturated rings. The lowest BCUT2D eigenvalue weighted by Gasteiger charge is -2.03. The molecular weight excluding hydrogens is 208 g/mol. The topological polar surface area (TPSA) is 25.8 Å². The molecule has 2 heterocycles. The number of fused-ring (bicyclic) bond motifs is 1. The fraction of sp³-hybridized carbons (Fsp3) is 0.0667. The Morgan fingerprint density at radius 1 is 1.06 bits per heavy atom. The number of aromatic nitrogens is 2. The molecule has 1 aromatic carbocycles. The monoisotopic (exact) mass is 218 g/mol. The molecule has 80 valence electrons. The van der Waals surface area contributed by atoms with Gasteiger partial charge in [0.05, 0.1) is 10.9 Å². The van der Waals surface area contributed by atoms with Crippen molar-refractivity contribution in [1.29, 1.82) is 0 Å². The van der Waals surface area contributed by atoms with E-state index in [2.05, 4.69) is 22.1 Å². The van der Waals surface area contributed by atoms with Crippen molar-refractivity contribution in [3.05, 3.63) is 60.6 Å². The lowest BCUT2D eigenvalue weighted by Crippen LogP contribution is -1.86. The van der Waals surface area contributed by atoms with Gasteiger partial charge in [-0.05, 0) is 42.8 Å². The molecule has 0 atom stereocenters. The van der Waals surface area contributed by atoms with E-state index in [1.807, 2.05) is 37.3 Å². The van der Waals surface area contributed by atoms with Gasteiger partial charge in [0.2, 0.25) is 0 Å². The fourth-order valence-electron chi connectivity index (χ4n) is 1.87. The summed E-state index contributed by atoms with van der Waals surface area (Å²) < 4.78 is 0. The zero-order valence-electron chi connectivity index (χ0n) is 9.44. The summed E-state index contributed by atoms with van der Waals surface area (Å²) in [6.07, 6.45) is 3.57. The minimum Gasteiger partial charge on any atom is -0.265 e. The Labute approximate surface area is 100.0 Å². The first-order valence-corrected chi connectivity index (χ1v) is 5.45. The Bertz CT molecular complexity index is 660. The Balaban J connectivity index is 2.33. The van der Waals surface area contributed by atoms with Crippen LogP contribution in [0.25, 0.3) is 22.0 Å². The summed E-state index contributed by atoms with van der Waals surface area (Å²) in [5.41, 5.74) is 4.15. The van der Waals surface area contributed by atoms with Gasteiger partial charge in [0.15, 0.2) is 0 Å². The van der Waals surface area contributed by atoms with Gasteiger partial charge < -0.3 is 0 Å². The van der Waals surface area contributed by atoms with Crippen molar-refractivity contribution in [3.63, 3.8) is 0 Å². The van der Waals surface area contributed by atoms with Gasteiger partial charge >= 0.3 is 0 Å². The second-order valence-corrected chi connectivity index (χ2v) is 3.91. The van der Waals surface area contributed by atoms with Crippen LogP contribution in [0.1, 0.15) is 5.69 Å². The maximum Gasteiger partial charge on any atom is 0.0874 e. The predicted molar refractivity (Wildman–Crippen MR) is 67.4 cm³/mol. The SMILES string of the molecule is Cc1ccc2c#ccc(-c3ccncc3)c2n1. The zero-order valence-corrected chi connectivity index (χ0v) is 9.44. The number of rotatable bonds is 1. The van der Waals surface area contributed by atoms with Gasteiger partial charge in [0.25, 0.3) is 0 Å². The summed E-state index contributed by atoms with van der Waals surface area (Å²) in [5, 5.41) is 0.991. The number of aryl methyl sites for hydroxylation is 1. The van der Waals surface area contributed by atoms with E-state index in [9.17, 15) is 0 Å². The summed E-state index contributed by atoms with van der Waals surface area (Å²) in [5.74, 6) is 0. The van der Waals surface area contributed by atoms with Crippen molar-refractivity contribution < 1.29 is 0 Å². The average molecular weight is 218 g/mol. The van der Waals surface area contributed by atoms with Gasteiger partial charge in [0, 0.05) is 23.7 Å². The van der Waals surface area contributed by atoms with Crippen molar-refractivity contribution in [2.24, 2.45) is 0 Å². The maximum atomic E-state index is 4.58. The summed E-state index contributed by atoms with van der Waals surface area (Å²) in [6, 6.07) is 16.0. The minimum atomic E-state index is 0.968. The van der Waals surface area contributed by atoms with Crippen molar-refractivity contribution in [1.82, 2.24) is 9.97 Å². The Morgan fingerprint density at radius 2 is 1.88 bits per heavy atom. The van der Waals surface area contributed by atoms with E-state index in [4.69, 9.17) is 0 Å². The molecule has 17 heavy (non-hydrogen) atoms. The molecule has 3 rings (SSSR count). The number of nitrogens with zero attached hydrogens (tertiary/aromatic N) is 2. The summed E-state index contributed by atoms with van der Waals surface area (Å²) >= 11 is 0. The highest BCUT2D eigenvalue weighted by molar-refractivity contribution is 5.92. The van der Waals surface area contributed by atoms with Crippen molar-refractivity contribution in [3.8, 4) is 11.1 Å². The van der Waals surface area contributed by atoms with Crippen molar-refractivity contribution in [2.75, 3.05) is 0 Å². The molecule has 0 aliphatic heterocycles. The van der Waals surface area contributed by atoms with E-state index in [0.717, 1.165) is 27.7 Å². The van der Waals surface area contributed by atoms with Crippen molar-refractivity contribution in [2.45, 2.75) is 6.92 Å². The van der Waals surface area contributed by atoms with Gasteiger partial charge in [-0.2, -0.15) is 0 Å². The van der Waals surface area contributed by atoms with Gasteiger partial charge in [-0.15, -0.1) is 0 Å². The summed E-state index contributed by atoms with van der Waals surface area (Å²) in [7, 11) is 0. The molecule has 2 heteroatoms. The normalized spacial score (nSPS) is 10.2. The molecule has 0 saturated heterocycles. The zero-order chi connectivity index (χ0) is 11.7. The molecule has 0 radical (unpaired) electrons. The third kappa shape index (κ3) is 1.72. The Kier molecular flexibility index (Phi) is 2.23. The summed E-state index contributed by atoms with van der Waals surface area (Å²) in [6.45, 7) is 1.99. The molecule has 0 N–H and O–H groups in total. The van der Waals surface area contributed by atoms with E-state index in [0.29, 0.717) is 0 Å². The van der Waals surface area contributed by atoms with Gasteiger partial charge in [-0.3, -0.25) is 9.97 Å². The van der Waals surface area contributed by atoms with E-state index in [-0.39, 0.29) is 0 Å². The predicted octanol–water partition coefficient (Wildman–Crippen LogP) is 3.21. The van der Waals surface area contributed by atoms with Crippen molar-refractivity contribution >= 4 is 10.9 Å². The standard InChI is InChI=1S/C15H10N2/c1-11-5-6-13-3-2-4-14(15(13)17-11)12-7-9-16-10-8-12/h4-10H,1H3. The lowest BCUT2D eigenvalue weighted by atomic mass is 10.0. The third-order valence-electron chi connectivity index (χ3n) is 2.70. The highest BCUT2D eigenvalue weighted by atomic mass is 14.7. The van der Waals surface area contributed by atoms with Crippen LogP contribution >= 0.6 is 0 Å². The Hall–Kier alpha value is -2.40. The van der Waals surface area contributed by atoms with E-state index < -0.39 is 0 Å². The number of pyridine rings is 2. The van der Waals surface area contributed by atoms with Crippen LogP contribution in [0.5, 0.6) is 0 Å². The molecule has 0 aliphatic rings. The van der Waals surface area contributed by atoms with Crippen LogP contribution in [0.4, 0.5) is 0 Å². The molecular formula is C15H10N2. The molecule has 0 amide bonds. The van der Waals surface area contributed by atoms with Gasteiger partial charge in [0.1, 0.15) is 0 Å². The first-order valence-electron chi connectivity index (χ1n) is 5.45. The van der Waals surface area contributed by atoms with Crippen LogP contribution in [0.2, 0.25) is 0 Å². The van der Waals surface area contributed by atoms with E-state index in [1.165, 1.54) is 0 Å². The lowest BCUT2D eigenvalue weighted by molar-refractivity contribution is 1.25. The molecule has 0 aliphatic carbocycles. The largest absolute Gasteiger partial charge is 0.265 e. The van der Waals surface area contributed by atoms with E-state index >= 15 is 0 Å². The molecule has 2 aromatic heterocycles. The molecule has 2 nitrogen and oxygen atoms in total. The first kappa shape index (κ1) is 9.80. The third-order valence-corrected chi connectivity index (χ3v) is 2.70. The molecule has 0 bridgehead atoms. The second-order valence-electron chi connectivity index (χ2n) is 3.91. The fourth-order valence-corrected chi connectivity index (χ4v) is 1.87. The molecule has 3 aromatic rings. The van der Waals surface area contributed by atoms with Crippen LogP contribution in [0.15, 0.2) is 42.7 Å². The number of hydrogen-bond acceptors (Lipinski definition) is 2. The van der Waals surface area contributed by atoms with Gasteiger partial charge in [-0.1, -0.05) is 12.1 Å². The van der Waals surface area contributed by atoms with Crippen LogP contribution in [0.3, 0.4) is 0 Å². The quantitative estimate of drug-likeness (QED) is 0.626. The Morgan fingerprint density at radius 3 is 2.71 bits per heavy atom. The number of hydrogen-bond donors (Lipinski definition) is 0. The highest BCUT2D eigenvalue weighted by Gasteiger charge is 2.04. The van der Waals surface area contributed by atoms with Crippen LogP contribution in [0, 0.1) is 19.1 Å². The smallest absolute Gasteiger partial charge is 0.0874 e. The van der Waals surface area contributed by atoms with Crippen LogP contribution in [-0.4, -0.2) is 9.97 Å². The molecule has 0 spiro atoms. The van der Waals surface area contributed by atoms with Crippen LogP contribution in [-0.2, 0) is 0 Å². The molecule has 0 unspecified atom stereocenters. The molecule has 0 saturated carbocycles. The highest BCUT2D eigenvalue weighted by Crippen LogP contribution is 2.24. The minimum absolute atomic E-state index is 0.968. The first-order chi connectivity index (χ1) is 8.34. The summed E-state index contributed by atoms with van der Waals surface area (Å²) in [4.78, 5) is 8.61. The van der Waals surface area contributed by atoms with E-state index in [1.54, 1.807) is 12.4 Å². The average Bonchev–Trinajstić information content (AvgIpc) is 2.39.